The van der Waals surface area contributed by atoms with Crippen LogP contribution in [0.4, 0.5) is 0 Å². The maximum absolute atomic E-state index is 13.3. The Kier molecular flexibility index (Phi) is 10.2. The number of hydrogen-bond donors (Lipinski definition) is 3. The molecule has 2 rings (SSSR count). The number of hydrogen-bond acceptors (Lipinski definition) is 7. The molecule has 5 N–H and O–H groups in total. The molecule has 176 valence electrons. The molecule has 0 saturated carbocycles. The Morgan fingerprint density at radius 3 is 2.74 bits per heavy atom. The largest absolute Gasteiger partial charge is 0.370 e. The van der Waals surface area contributed by atoms with Crippen LogP contribution in [0.5, 0.6) is 0 Å². The first-order valence-corrected chi connectivity index (χ1v) is 13.6. The van der Waals surface area contributed by atoms with Gasteiger partial charge in [-0.15, -0.1) is 0 Å². The summed E-state index contributed by atoms with van der Waals surface area (Å²) in [7, 11) is 3.26. The molecule has 31 heavy (non-hydrogen) atoms. The van der Waals surface area contributed by atoms with E-state index in [4.69, 9.17) is 11.5 Å². The Hall–Kier alpha value is -1.26. The van der Waals surface area contributed by atoms with Crippen molar-refractivity contribution in [3.63, 3.8) is 0 Å². The highest BCUT2D eigenvalue weighted by Crippen LogP contribution is 2.36. The van der Waals surface area contributed by atoms with E-state index in [0.29, 0.717) is 56.7 Å². The molecule has 0 aliphatic carbocycles. The number of amides is 1. The molecular formula is C21H37N5O3S2. The van der Waals surface area contributed by atoms with E-state index in [-0.39, 0.29) is 35.4 Å². The molecule has 8 nitrogen and oxygen atoms in total. The van der Waals surface area contributed by atoms with Gasteiger partial charge in [0.1, 0.15) is 0 Å². The number of nitrogens with two attached hydrogens (primary N) is 2. The molecule has 0 aromatic heterocycles. The predicted molar refractivity (Wildman–Crippen MR) is 129 cm³/mol. The first-order valence-electron chi connectivity index (χ1n) is 11.1. The van der Waals surface area contributed by atoms with Gasteiger partial charge in [-0.1, -0.05) is 35.4 Å². The number of guanidine groups is 1. The monoisotopic (exact) mass is 471 g/mol. The van der Waals surface area contributed by atoms with E-state index in [1.807, 2.05) is 20.8 Å². The van der Waals surface area contributed by atoms with Crippen LogP contribution in [0.3, 0.4) is 0 Å². The minimum absolute atomic E-state index is 0.0226. The van der Waals surface area contributed by atoms with E-state index >= 15 is 0 Å². The number of fused-ring (bicyclic) bond motifs is 1. The average molecular weight is 472 g/mol. The normalized spacial score (nSPS) is 28.4. The Balaban J connectivity index is 2.20. The number of ketones is 2. The molecule has 0 aromatic carbocycles. The van der Waals surface area contributed by atoms with Gasteiger partial charge in [0, 0.05) is 37.4 Å². The maximum atomic E-state index is 13.3. The molecule has 1 amide bonds. The quantitative estimate of drug-likeness (QED) is 0.221. The number of rotatable bonds is 7. The van der Waals surface area contributed by atoms with Crippen LogP contribution in [0.25, 0.3) is 0 Å². The fourth-order valence-corrected chi connectivity index (χ4v) is 6.75. The lowest BCUT2D eigenvalue weighted by Gasteiger charge is -2.41. The minimum Gasteiger partial charge on any atom is -0.370 e. The van der Waals surface area contributed by atoms with Crippen LogP contribution in [0.15, 0.2) is 4.99 Å². The van der Waals surface area contributed by atoms with Gasteiger partial charge < -0.3 is 16.8 Å². The zero-order valence-corrected chi connectivity index (χ0v) is 20.5. The molecule has 2 fully saturated rings. The van der Waals surface area contributed by atoms with Crippen molar-refractivity contribution in [1.29, 1.82) is 0 Å². The van der Waals surface area contributed by atoms with Crippen LogP contribution < -0.4 is 16.8 Å². The third-order valence-corrected chi connectivity index (χ3v) is 8.46. The van der Waals surface area contributed by atoms with Crippen LogP contribution in [-0.4, -0.2) is 70.6 Å². The van der Waals surface area contributed by atoms with Gasteiger partial charge in [0.2, 0.25) is 5.91 Å². The predicted octanol–water partition coefficient (Wildman–Crippen LogP) is 1.72. The van der Waals surface area contributed by atoms with Crippen molar-refractivity contribution < 1.29 is 14.4 Å². The van der Waals surface area contributed by atoms with E-state index in [2.05, 4.69) is 15.2 Å². The number of nitrogens with one attached hydrogen (secondary N) is 1. The second-order valence-electron chi connectivity index (χ2n) is 8.96. The molecule has 3 atom stereocenters. The van der Waals surface area contributed by atoms with E-state index in [1.54, 1.807) is 21.6 Å². The Labute approximate surface area is 193 Å². The molecule has 2 aliphatic heterocycles. The van der Waals surface area contributed by atoms with Crippen molar-refractivity contribution in [2.75, 3.05) is 24.6 Å². The van der Waals surface area contributed by atoms with E-state index in [1.165, 1.54) is 0 Å². The zero-order valence-electron chi connectivity index (χ0n) is 18.9. The number of Topliss-reactive ketones (excluding diaryl/α,β-unsaturated/α-hetero) is 2. The van der Waals surface area contributed by atoms with E-state index in [9.17, 15) is 14.4 Å². The van der Waals surface area contributed by atoms with Crippen LogP contribution >= 0.6 is 21.6 Å². The number of nitrogens with zero attached hydrogens (tertiary/aromatic N) is 2. The fraction of sp³-hybridized carbons (Fsp3) is 0.810. The molecule has 0 radical (unpaired) electrons. The summed E-state index contributed by atoms with van der Waals surface area (Å²) in [5, 5.41) is 2.99. The van der Waals surface area contributed by atoms with E-state index < -0.39 is 11.6 Å². The molecule has 1 unspecified atom stereocenters. The van der Waals surface area contributed by atoms with Crippen LogP contribution in [0.2, 0.25) is 0 Å². The Bertz CT molecular complexity index is 684. The third kappa shape index (κ3) is 7.39. The number of carbonyl (C=O) groups is 3. The highest BCUT2D eigenvalue weighted by atomic mass is 33.1. The average Bonchev–Trinajstić information content (AvgIpc) is 3.18. The summed E-state index contributed by atoms with van der Waals surface area (Å²) in [5.74, 6) is 1.64. The summed E-state index contributed by atoms with van der Waals surface area (Å²) in [6, 6.07) is -0.939. The zero-order chi connectivity index (χ0) is 23.0. The van der Waals surface area contributed by atoms with Crippen molar-refractivity contribution in [3.8, 4) is 0 Å². The smallest absolute Gasteiger partial charge is 0.237 e. The number of carbonyl (C=O) groups excluding carboxylic acids is 3. The van der Waals surface area contributed by atoms with Crippen molar-refractivity contribution in [2.45, 2.75) is 76.9 Å². The van der Waals surface area contributed by atoms with Crippen molar-refractivity contribution >= 4 is 45.0 Å². The summed E-state index contributed by atoms with van der Waals surface area (Å²) in [6.45, 7) is 7.22. The topological polar surface area (TPSA) is 131 Å². The van der Waals surface area contributed by atoms with Gasteiger partial charge in [0.25, 0.3) is 0 Å². The van der Waals surface area contributed by atoms with Crippen LogP contribution in [0.1, 0.15) is 59.3 Å². The second kappa shape index (κ2) is 12.1. The number of aliphatic imine (C=N–C) groups is 1. The van der Waals surface area contributed by atoms with E-state index in [0.717, 1.165) is 6.42 Å². The Morgan fingerprint density at radius 1 is 1.32 bits per heavy atom. The summed E-state index contributed by atoms with van der Waals surface area (Å²) < 4.78 is 0. The first kappa shape index (κ1) is 26.0. The molecule has 0 spiro atoms. The van der Waals surface area contributed by atoms with Gasteiger partial charge >= 0.3 is 0 Å². The molecule has 0 bridgehead atoms. The Morgan fingerprint density at radius 2 is 2.06 bits per heavy atom. The van der Waals surface area contributed by atoms with Gasteiger partial charge in [0.05, 0.1) is 17.6 Å². The molecule has 2 saturated heterocycles. The van der Waals surface area contributed by atoms with Gasteiger partial charge in [0.15, 0.2) is 17.5 Å². The lowest BCUT2D eigenvalue weighted by Crippen LogP contribution is -2.60. The third-order valence-electron chi connectivity index (χ3n) is 5.89. The van der Waals surface area contributed by atoms with Crippen LogP contribution in [0, 0.1) is 5.92 Å². The van der Waals surface area contributed by atoms with Crippen LogP contribution in [-0.2, 0) is 14.4 Å². The summed E-state index contributed by atoms with van der Waals surface area (Å²) in [6.07, 6.45) is 3.55. The molecule has 10 heteroatoms. The molecule has 2 aliphatic rings. The lowest BCUT2D eigenvalue weighted by molar-refractivity contribution is -0.136. The minimum atomic E-state index is -0.688. The standard InChI is InChI=1S/C21H37N5O3S2/c1-14(2)12-18(28)21(3)13-31-30-11-8-17(27)15(6-4-9-24-20(22)23)25-19(29)16-7-5-10-26(16)21/h14-16H,4-13H2,1-3H3,(H,25,29)(H4,22,23,24)/t15-,16+,21?/m0/s1. The molecule has 2 heterocycles. The van der Waals surface area contributed by atoms with Gasteiger partial charge in [-0.25, -0.2) is 0 Å². The fourth-order valence-electron chi connectivity index (χ4n) is 4.16. The second-order valence-corrected chi connectivity index (χ2v) is 11.5. The summed E-state index contributed by atoms with van der Waals surface area (Å²) in [4.78, 5) is 45.3. The molecular weight excluding hydrogens is 434 g/mol. The molecule has 0 aromatic rings. The highest BCUT2D eigenvalue weighted by Gasteiger charge is 2.47. The lowest BCUT2D eigenvalue weighted by atomic mass is 9.89. The first-order chi connectivity index (χ1) is 14.6. The maximum Gasteiger partial charge on any atom is 0.237 e. The summed E-state index contributed by atoms with van der Waals surface area (Å²) in [5.41, 5.74) is 10.0. The van der Waals surface area contributed by atoms with Crippen molar-refractivity contribution in [1.82, 2.24) is 10.2 Å². The van der Waals surface area contributed by atoms with Gasteiger partial charge in [-0.3, -0.25) is 24.3 Å². The van der Waals surface area contributed by atoms with Crippen molar-refractivity contribution in [3.05, 3.63) is 0 Å². The van der Waals surface area contributed by atoms with Crippen molar-refractivity contribution in [2.24, 2.45) is 22.4 Å². The van der Waals surface area contributed by atoms with Gasteiger partial charge in [-0.05, 0) is 38.5 Å². The highest BCUT2D eigenvalue weighted by molar-refractivity contribution is 8.76. The SMILES string of the molecule is CC(C)CC(=O)C1(C)CSSCCC(=O)[C@H](CCCN=C(N)N)NC(=O)[C@H]2CCCN21. The van der Waals surface area contributed by atoms with Gasteiger partial charge in [-0.2, -0.15) is 0 Å². The summed E-state index contributed by atoms with van der Waals surface area (Å²) >= 11 is 0.